The minimum atomic E-state index is -0.280. The van der Waals surface area contributed by atoms with Crippen LogP contribution >= 0.6 is 0 Å². The summed E-state index contributed by atoms with van der Waals surface area (Å²) in [6, 6.07) is 12.7. The Labute approximate surface area is 573 Å². The first-order chi connectivity index (χ1) is 47.9. The van der Waals surface area contributed by atoms with Crippen LogP contribution in [0.15, 0.2) is 94.1 Å². The van der Waals surface area contributed by atoms with Gasteiger partial charge in [0.2, 0.25) is 5.91 Å². The van der Waals surface area contributed by atoms with Crippen molar-refractivity contribution < 1.29 is 95.1 Å². The lowest BCUT2D eigenvalue weighted by molar-refractivity contribution is -0.137. The average Bonchev–Trinajstić information content (AvgIpc) is 1.60. The van der Waals surface area contributed by atoms with Crippen LogP contribution in [0, 0.1) is 6.92 Å². The lowest BCUT2D eigenvalue weighted by Gasteiger charge is -2.20. The third-order valence-electron chi connectivity index (χ3n) is 15.8. The summed E-state index contributed by atoms with van der Waals surface area (Å²) in [5.74, 6) is 0.612. The number of nitrogens with one attached hydrogen (secondary N) is 1. The van der Waals surface area contributed by atoms with E-state index in [1.165, 1.54) is 24.2 Å². The van der Waals surface area contributed by atoms with Crippen LogP contribution in [0.5, 0.6) is 17.2 Å². The van der Waals surface area contributed by atoms with E-state index < -0.39 is 0 Å². The Bertz CT molecular complexity index is 3190. The number of aryl methyl sites for hydroxylation is 1. The van der Waals surface area contributed by atoms with Gasteiger partial charge in [-0.05, 0) is 85.2 Å². The Kier molecular flexibility index (Phi) is 33.2. The van der Waals surface area contributed by atoms with Crippen molar-refractivity contribution in [1.82, 2.24) is 20.0 Å². The van der Waals surface area contributed by atoms with E-state index in [0.717, 1.165) is 39.8 Å². The summed E-state index contributed by atoms with van der Waals surface area (Å²) in [5, 5.41) is 7.04. The van der Waals surface area contributed by atoms with E-state index in [4.69, 9.17) is 76.1 Å². The maximum Gasteiger partial charge on any atom is 0.257 e. The van der Waals surface area contributed by atoms with Crippen LogP contribution in [0.1, 0.15) is 81.5 Å². The van der Waals surface area contributed by atoms with E-state index in [1.807, 2.05) is 48.4 Å². The number of methoxy groups -OCH3 is 1. The van der Waals surface area contributed by atoms with Crippen molar-refractivity contribution in [1.29, 1.82) is 0 Å². The summed E-state index contributed by atoms with van der Waals surface area (Å²) in [6.07, 6.45) is 11.6. The number of imide groups is 1. The lowest BCUT2D eigenvalue weighted by atomic mass is 10.1. The number of hydrogen-bond acceptors (Lipinski definition) is 23. The second kappa shape index (κ2) is 42.9. The standard InChI is InChI=1S/C71H95N7O20/c1-52-36-58-46-73-62-43-64(54(3)38-60(62)70(82)77(58)48-52)96-50-56-39-55(40-57(41-56)51-97-66-44-63-61(42-65(66)84-4)71(83)78-49-53(2)37-59(78)47-74-63)45-75-98-35-34-95-33-32-94-31-30-93-29-28-92-27-26-91-25-24-90-23-22-89-21-20-88-19-18-87-17-16-86-15-14-85-13-11-72-67(79)8-6-5-7-12-76-68(80)9-10-69(76)81/h9-10,38-47,58-59H,1-2,5-8,11-37,48-51H2,3-4H3,(H,72,79)/b75-45-/t58-,59-/m0/s1. The van der Waals surface area contributed by atoms with Crippen molar-refractivity contribution in [2.75, 3.05) is 185 Å². The van der Waals surface area contributed by atoms with Gasteiger partial charge < -0.3 is 86.3 Å². The molecular weight excluding hydrogens is 1270 g/mol. The van der Waals surface area contributed by atoms with Crippen LogP contribution in [0.25, 0.3) is 0 Å². The molecule has 3 aromatic carbocycles. The second-order valence-electron chi connectivity index (χ2n) is 23.4. The molecule has 8 rings (SSSR count). The minimum absolute atomic E-state index is 0.0534. The topological polar surface area (TPSA) is 283 Å². The summed E-state index contributed by atoms with van der Waals surface area (Å²) >= 11 is 0. The molecule has 5 heterocycles. The largest absolute Gasteiger partial charge is 0.493 e. The van der Waals surface area contributed by atoms with Gasteiger partial charge in [0.25, 0.3) is 23.6 Å². The Morgan fingerprint density at radius 3 is 1.43 bits per heavy atom. The molecule has 0 saturated carbocycles. The number of amides is 5. The molecule has 1 N–H and O–H groups in total. The van der Waals surface area contributed by atoms with Gasteiger partial charge in [0.1, 0.15) is 25.6 Å². The van der Waals surface area contributed by atoms with Crippen LogP contribution in [0.3, 0.4) is 0 Å². The molecule has 0 aromatic heterocycles. The summed E-state index contributed by atoms with van der Waals surface area (Å²) in [6.45, 7) is 21.8. The number of benzene rings is 3. The summed E-state index contributed by atoms with van der Waals surface area (Å²) in [7, 11) is 1.54. The molecule has 0 radical (unpaired) electrons. The molecule has 27 nitrogen and oxygen atoms in total. The van der Waals surface area contributed by atoms with Crippen molar-refractivity contribution in [3.05, 3.63) is 112 Å². The lowest BCUT2D eigenvalue weighted by Crippen LogP contribution is -2.35. The van der Waals surface area contributed by atoms with Gasteiger partial charge in [-0.25, -0.2) is 0 Å². The molecule has 27 heteroatoms. The maximum atomic E-state index is 13.6. The third-order valence-corrected chi connectivity index (χ3v) is 15.8. The molecule has 5 aliphatic rings. The summed E-state index contributed by atoms with van der Waals surface area (Å²) < 4.78 is 79.7. The third kappa shape index (κ3) is 25.8. The number of fused-ring (bicyclic) bond motifs is 4. The molecule has 98 heavy (non-hydrogen) atoms. The summed E-state index contributed by atoms with van der Waals surface area (Å²) in [5.41, 5.74) is 7.18. The van der Waals surface area contributed by atoms with E-state index in [2.05, 4.69) is 28.6 Å². The predicted octanol–water partition coefficient (Wildman–Crippen LogP) is 6.27. The molecule has 0 unspecified atom stereocenters. The van der Waals surface area contributed by atoms with Gasteiger partial charge in [0.05, 0.1) is 193 Å². The van der Waals surface area contributed by atoms with Gasteiger partial charge in [-0.1, -0.05) is 35.9 Å². The Morgan fingerprint density at radius 2 is 0.959 bits per heavy atom. The van der Waals surface area contributed by atoms with Crippen LogP contribution in [0.4, 0.5) is 11.4 Å². The highest BCUT2D eigenvalue weighted by molar-refractivity contribution is 6.13. The van der Waals surface area contributed by atoms with E-state index in [0.29, 0.717) is 243 Å². The number of aliphatic imine (C=N–C) groups is 2. The van der Waals surface area contributed by atoms with E-state index in [9.17, 15) is 24.0 Å². The van der Waals surface area contributed by atoms with Gasteiger partial charge >= 0.3 is 0 Å². The molecule has 5 aliphatic heterocycles. The number of unbranched alkanes of at least 4 members (excludes halogenated alkanes) is 2. The monoisotopic (exact) mass is 1370 g/mol. The number of ether oxygens (including phenoxy) is 14. The van der Waals surface area contributed by atoms with Gasteiger partial charge in [0.15, 0.2) is 11.5 Å². The van der Waals surface area contributed by atoms with Gasteiger partial charge in [-0.2, -0.15) is 0 Å². The number of carbonyl (C=O) groups excluding carboxylic acids is 5. The Morgan fingerprint density at radius 1 is 0.531 bits per heavy atom. The fraction of sp³-hybridized carbons (Fsp3) is 0.549. The number of nitrogens with zero attached hydrogens (tertiary/aromatic N) is 6. The van der Waals surface area contributed by atoms with Crippen molar-refractivity contribution >= 4 is 59.6 Å². The maximum absolute atomic E-state index is 13.6. The van der Waals surface area contributed by atoms with Gasteiger partial charge in [-0.15, -0.1) is 0 Å². The molecule has 0 bridgehead atoms. The van der Waals surface area contributed by atoms with E-state index in [1.54, 1.807) is 29.5 Å². The number of rotatable bonds is 51. The zero-order valence-corrected chi connectivity index (χ0v) is 56.6. The fourth-order valence-corrected chi connectivity index (χ4v) is 10.9. The highest BCUT2D eigenvalue weighted by atomic mass is 16.6. The van der Waals surface area contributed by atoms with Crippen LogP contribution < -0.4 is 19.5 Å². The predicted molar refractivity (Wildman–Crippen MR) is 363 cm³/mol. The van der Waals surface area contributed by atoms with Crippen molar-refractivity contribution in [3.8, 4) is 17.2 Å². The Hall–Kier alpha value is -7.80. The first-order valence-corrected chi connectivity index (χ1v) is 33.5. The van der Waals surface area contributed by atoms with Crippen molar-refractivity contribution in [3.63, 3.8) is 0 Å². The molecule has 0 spiro atoms. The van der Waals surface area contributed by atoms with Crippen molar-refractivity contribution in [2.45, 2.75) is 70.7 Å². The molecule has 0 aliphatic carbocycles. The van der Waals surface area contributed by atoms with Crippen molar-refractivity contribution in [2.24, 2.45) is 15.1 Å². The van der Waals surface area contributed by atoms with E-state index >= 15 is 0 Å². The van der Waals surface area contributed by atoms with Crippen LogP contribution in [-0.2, 0) is 84.5 Å². The van der Waals surface area contributed by atoms with Crippen LogP contribution in [-0.4, -0.2) is 260 Å². The molecule has 2 saturated heterocycles. The number of carbonyl (C=O) groups is 5. The minimum Gasteiger partial charge on any atom is -0.493 e. The van der Waals surface area contributed by atoms with E-state index in [-0.39, 0.29) is 61.4 Å². The normalized spacial score (nSPS) is 16.3. The average molecular weight is 1370 g/mol. The van der Waals surface area contributed by atoms with Crippen LogP contribution in [0.2, 0.25) is 0 Å². The molecule has 2 atom stereocenters. The first-order valence-electron chi connectivity index (χ1n) is 33.5. The van der Waals surface area contributed by atoms with Gasteiger partial charge in [0, 0.05) is 69.3 Å². The first kappa shape index (κ1) is 76.0. The zero-order chi connectivity index (χ0) is 68.9. The molecule has 534 valence electrons. The number of hydrogen-bond donors (Lipinski definition) is 1. The molecule has 2 fully saturated rings. The van der Waals surface area contributed by atoms with Gasteiger partial charge in [-0.3, -0.25) is 38.9 Å². The highest BCUT2D eigenvalue weighted by Crippen LogP contribution is 2.40. The highest BCUT2D eigenvalue weighted by Gasteiger charge is 2.36. The Balaban J connectivity index is 0.588. The number of oxime groups is 1. The smallest absolute Gasteiger partial charge is 0.257 e. The fourth-order valence-electron chi connectivity index (χ4n) is 10.9. The zero-order valence-electron chi connectivity index (χ0n) is 56.6. The SMILES string of the molecule is C=C1C[C@H]2C=Nc3cc(OCc4cc(/C=N\OCCOCCOCCOCCOCCOCCOCCOCCOCCOCCOCCOCCNC(=O)CCCCCN5C(=O)C=CC5=O)cc(COc5cc6c(cc5OC)C(=O)N5CC(=C)C[C@H]5C=N6)c4)c(C)cc3C(=O)N2C1. The quantitative estimate of drug-likeness (QED) is 0.0214. The summed E-state index contributed by atoms with van der Waals surface area (Å²) in [4.78, 5) is 82.0. The molecule has 5 amide bonds. The second-order valence-corrected chi connectivity index (χ2v) is 23.4. The molecular formula is C71H95N7O20. The molecule has 3 aromatic rings.